The average Bonchev–Trinajstić information content (AvgIpc) is 3.05. The lowest BCUT2D eigenvalue weighted by Crippen LogP contribution is -2.57. The molecule has 0 aliphatic carbocycles. The van der Waals surface area contributed by atoms with Crippen LogP contribution in [0.2, 0.25) is 0 Å². The highest BCUT2D eigenvalue weighted by atomic mass is 32.3. The van der Waals surface area contributed by atoms with Crippen LogP contribution in [0.25, 0.3) is 11.1 Å². The van der Waals surface area contributed by atoms with Gasteiger partial charge in [0.05, 0.1) is 11.2 Å². The molecule has 5 rings (SSSR count). The molecular formula is C29H36FN3O3S. The monoisotopic (exact) mass is 525 g/mol. The summed E-state index contributed by atoms with van der Waals surface area (Å²) in [6.07, 6.45) is 2.32. The summed E-state index contributed by atoms with van der Waals surface area (Å²) in [4.78, 5) is 2.40. The number of nitrogens with zero attached hydrogens (tertiary/aromatic N) is 3. The van der Waals surface area contributed by atoms with Crippen molar-refractivity contribution < 1.29 is 18.6 Å². The minimum absolute atomic E-state index is 0.159. The van der Waals surface area contributed by atoms with Crippen LogP contribution in [0, 0.1) is 5.82 Å². The van der Waals surface area contributed by atoms with E-state index in [9.17, 15) is 18.6 Å². The molecule has 1 spiro atoms. The van der Waals surface area contributed by atoms with Crippen molar-refractivity contribution in [2.24, 2.45) is 0 Å². The predicted octanol–water partition coefficient (Wildman–Crippen LogP) is 6.52. The van der Waals surface area contributed by atoms with Gasteiger partial charge < -0.3 is 5.11 Å². The van der Waals surface area contributed by atoms with E-state index in [2.05, 4.69) is 36.9 Å². The van der Waals surface area contributed by atoms with Gasteiger partial charge in [-0.05, 0) is 73.2 Å². The Morgan fingerprint density at radius 1 is 1.03 bits per heavy atom. The van der Waals surface area contributed by atoms with Gasteiger partial charge in [0.2, 0.25) is 0 Å². The predicted molar refractivity (Wildman–Crippen MR) is 149 cm³/mol. The van der Waals surface area contributed by atoms with E-state index in [1.807, 2.05) is 18.2 Å². The van der Waals surface area contributed by atoms with Crippen molar-refractivity contribution in [3.8, 4) is 16.9 Å². The molecule has 2 fully saturated rings. The van der Waals surface area contributed by atoms with Crippen molar-refractivity contribution in [2.75, 3.05) is 24.4 Å². The van der Waals surface area contributed by atoms with Crippen LogP contribution in [0.15, 0.2) is 66.7 Å². The van der Waals surface area contributed by atoms with Crippen LogP contribution in [0.5, 0.6) is 5.75 Å². The third-order valence-electron chi connectivity index (χ3n) is 7.95. The van der Waals surface area contributed by atoms with Gasteiger partial charge in [-0.2, -0.15) is 4.31 Å². The lowest BCUT2D eigenvalue weighted by Gasteiger charge is -2.51. The summed E-state index contributed by atoms with van der Waals surface area (Å²) in [7, 11) is -1.52. The van der Waals surface area contributed by atoms with E-state index in [4.69, 9.17) is 0 Å². The summed E-state index contributed by atoms with van der Waals surface area (Å²) in [5, 5.41) is 10.6. The highest BCUT2D eigenvalue weighted by molar-refractivity contribution is 8.23. The number of halogens is 1. The molecule has 3 aromatic carbocycles. The fourth-order valence-corrected chi connectivity index (χ4v) is 7.95. The first-order valence-corrected chi connectivity index (χ1v) is 14.3. The molecule has 2 saturated heterocycles. The minimum Gasteiger partial charge on any atom is -0.507 e. The molecular weight excluding hydrogens is 489 g/mol. The van der Waals surface area contributed by atoms with Gasteiger partial charge >= 0.3 is 0 Å². The molecule has 2 aliphatic heterocycles. The topological polar surface area (TPSA) is 70.4 Å². The first kappa shape index (κ1) is 26.0. The number of hydrogen-bond acceptors (Lipinski definition) is 6. The number of hydrogen-bond donors (Lipinski definition) is 3. The van der Waals surface area contributed by atoms with E-state index in [0.717, 1.165) is 42.6 Å². The SMILES string of the molecule is CCc1ccccc1-c1cc(CN2CC[C@@]3(C[C@@H]2C)CN(C)S(O)(O)N3c2cccc(F)c2)ccc1O. The zero-order valence-electron chi connectivity index (χ0n) is 21.6. The third-order valence-corrected chi connectivity index (χ3v) is 10.0. The van der Waals surface area contributed by atoms with Gasteiger partial charge in [-0.25, -0.2) is 4.39 Å². The Kier molecular flexibility index (Phi) is 6.98. The third kappa shape index (κ3) is 4.73. The van der Waals surface area contributed by atoms with Gasteiger partial charge in [0.15, 0.2) is 0 Å². The van der Waals surface area contributed by atoms with Gasteiger partial charge in [0, 0.05) is 38.3 Å². The van der Waals surface area contributed by atoms with Crippen molar-refractivity contribution in [3.05, 3.63) is 83.7 Å². The molecule has 3 aromatic rings. The van der Waals surface area contributed by atoms with Crippen molar-refractivity contribution in [1.29, 1.82) is 0 Å². The Morgan fingerprint density at radius 2 is 1.81 bits per heavy atom. The van der Waals surface area contributed by atoms with Crippen molar-refractivity contribution in [2.45, 2.75) is 51.2 Å². The van der Waals surface area contributed by atoms with Crippen LogP contribution in [0.3, 0.4) is 0 Å². The molecule has 3 N–H and O–H groups in total. The van der Waals surface area contributed by atoms with E-state index in [1.165, 1.54) is 17.7 Å². The zero-order valence-corrected chi connectivity index (χ0v) is 22.5. The zero-order chi connectivity index (χ0) is 26.4. The van der Waals surface area contributed by atoms with Gasteiger partial charge in [0.1, 0.15) is 11.6 Å². The fourth-order valence-electron chi connectivity index (χ4n) is 6.12. The average molecular weight is 526 g/mol. The summed E-state index contributed by atoms with van der Waals surface area (Å²) >= 11 is 0. The van der Waals surface area contributed by atoms with Gasteiger partial charge in [-0.3, -0.25) is 18.3 Å². The van der Waals surface area contributed by atoms with Crippen LogP contribution in [-0.4, -0.2) is 55.1 Å². The van der Waals surface area contributed by atoms with Crippen molar-refractivity contribution in [3.63, 3.8) is 0 Å². The largest absolute Gasteiger partial charge is 0.507 e. The fraction of sp³-hybridized carbons (Fsp3) is 0.379. The van der Waals surface area contributed by atoms with E-state index in [0.29, 0.717) is 18.7 Å². The maximum absolute atomic E-state index is 14.1. The second-order valence-electron chi connectivity index (χ2n) is 10.4. The maximum Gasteiger partial charge on any atom is 0.125 e. The van der Waals surface area contributed by atoms with Gasteiger partial charge in [-0.1, -0.05) is 54.3 Å². The normalized spacial score (nSPS) is 25.0. The number of likely N-dealkylation sites (tertiary alicyclic amines) is 1. The number of aryl methyl sites for hydroxylation is 1. The van der Waals surface area contributed by atoms with Crippen LogP contribution in [0.1, 0.15) is 37.8 Å². The van der Waals surface area contributed by atoms with Crippen LogP contribution < -0.4 is 4.31 Å². The van der Waals surface area contributed by atoms with Gasteiger partial charge in [0.25, 0.3) is 0 Å². The van der Waals surface area contributed by atoms with Gasteiger partial charge in [-0.15, -0.1) is 0 Å². The maximum atomic E-state index is 14.1. The second-order valence-corrected chi connectivity index (χ2v) is 12.4. The molecule has 0 unspecified atom stereocenters. The van der Waals surface area contributed by atoms with Crippen molar-refractivity contribution in [1.82, 2.24) is 9.21 Å². The number of rotatable bonds is 5. The molecule has 0 radical (unpaired) electrons. The molecule has 198 valence electrons. The first-order chi connectivity index (χ1) is 17.6. The molecule has 6 nitrogen and oxygen atoms in total. The standard InChI is InChI=1S/C29H36FN3O3S/c1-4-23-8-5-6-11-26(23)27-16-22(12-13-28(27)34)19-32-15-14-29(18-21(32)2)20-31(3)37(35,36)33(29)25-10-7-9-24(30)17-25/h5-13,16-17,21,34-36H,4,14-15,18-20H2,1-3H3/t21-,29+/m0/s1. The van der Waals surface area contributed by atoms with E-state index >= 15 is 0 Å². The quantitative estimate of drug-likeness (QED) is 0.353. The first-order valence-electron chi connectivity index (χ1n) is 12.8. The summed E-state index contributed by atoms with van der Waals surface area (Å²) in [5.74, 6) is -0.115. The van der Waals surface area contributed by atoms with Crippen LogP contribution in [0.4, 0.5) is 10.1 Å². The van der Waals surface area contributed by atoms with E-state index < -0.39 is 22.3 Å². The lowest BCUT2D eigenvalue weighted by atomic mass is 9.82. The van der Waals surface area contributed by atoms with Crippen LogP contribution in [-0.2, 0) is 13.0 Å². The number of benzene rings is 3. The molecule has 37 heavy (non-hydrogen) atoms. The summed E-state index contributed by atoms with van der Waals surface area (Å²) in [6.45, 7) is 6.28. The Balaban J connectivity index is 1.39. The molecule has 8 heteroatoms. The Bertz CT molecular complexity index is 1290. The van der Waals surface area contributed by atoms with Crippen molar-refractivity contribution >= 4 is 16.6 Å². The number of piperidine rings is 1. The molecule has 2 heterocycles. The number of aromatic hydroxyl groups is 1. The minimum atomic E-state index is -3.24. The Labute approximate surface area is 220 Å². The molecule has 2 aliphatic rings. The summed E-state index contributed by atoms with van der Waals surface area (Å²) in [5.41, 5.74) is 4.22. The summed E-state index contributed by atoms with van der Waals surface area (Å²) in [6, 6.07) is 20.3. The second kappa shape index (κ2) is 9.93. The smallest absolute Gasteiger partial charge is 0.125 e. The molecule has 2 atom stereocenters. The molecule has 0 saturated carbocycles. The molecule has 0 aromatic heterocycles. The highest BCUT2D eigenvalue weighted by Crippen LogP contribution is 2.61. The number of anilines is 1. The van der Waals surface area contributed by atoms with E-state index in [-0.39, 0.29) is 11.8 Å². The molecule has 0 bridgehead atoms. The highest BCUT2D eigenvalue weighted by Gasteiger charge is 2.55. The summed E-state index contributed by atoms with van der Waals surface area (Å²) < 4.78 is 39.6. The molecule has 0 amide bonds. The number of phenolic OH excluding ortho intramolecular Hbond substituents is 1. The van der Waals surface area contributed by atoms with Crippen LogP contribution >= 0.6 is 11.0 Å². The van der Waals surface area contributed by atoms with E-state index in [1.54, 1.807) is 33.9 Å². The Morgan fingerprint density at radius 3 is 2.54 bits per heavy atom. The number of phenols is 1. The number of likely N-dealkylation sites (N-methyl/N-ethyl adjacent to an activating group) is 1. The lowest BCUT2D eigenvalue weighted by molar-refractivity contribution is 0.100. The Hall–Kier alpha value is -2.62.